The van der Waals surface area contributed by atoms with Gasteiger partial charge >= 0.3 is 0 Å². The molecule has 0 aliphatic rings. The molecule has 3 aromatic carbocycles. The van der Waals surface area contributed by atoms with Gasteiger partial charge in [-0.3, -0.25) is 0 Å². The van der Waals surface area contributed by atoms with E-state index in [4.69, 9.17) is 29.2 Å². The first-order valence-electron chi connectivity index (χ1n) is 8.25. The first kappa shape index (κ1) is 18.3. The highest BCUT2D eigenvalue weighted by Gasteiger charge is 2.21. The molecule has 26 heavy (non-hydrogen) atoms. The lowest BCUT2D eigenvalue weighted by atomic mass is 10.1. The molecule has 0 saturated carbocycles. The number of thiocarbonyl (C=S) groups is 2. The number of hydrogen-bond acceptors (Lipinski definition) is 3. The predicted octanol–water partition coefficient (Wildman–Crippen LogP) is 5.17. The van der Waals surface area contributed by atoms with E-state index >= 15 is 0 Å². The van der Waals surface area contributed by atoms with E-state index in [9.17, 15) is 0 Å². The smallest absolute Gasteiger partial charge is 0.275 e. The zero-order chi connectivity index (χ0) is 18.7. The van der Waals surface area contributed by atoms with Crippen LogP contribution in [0, 0.1) is 6.92 Å². The number of nitrogens with zero attached hydrogens (tertiary/aromatic N) is 2. The molecular weight excluding hydrogens is 360 g/mol. The van der Waals surface area contributed by atoms with Gasteiger partial charge in [0.05, 0.1) is 5.69 Å². The molecule has 0 unspecified atom stereocenters. The third-order valence-electron chi connectivity index (χ3n) is 4.00. The molecule has 0 amide bonds. The van der Waals surface area contributed by atoms with E-state index in [2.05, 4.69) is 0 Å². The van der Waals surface area contributed by atoms with Crippen LogP contribution in [0.15, 0.2) is 66.7 Å². The minimum absolute atomic E-state index is 0.295. The summed E-state index contributed by atoms with van der Waals surface area (Å²) >= 11 is 11.2. The molecular formula is C21H20N2OS2. The standard InChI is InChI=1S/C21H20N2OS2/c1-15-11-13-17(14-12-15)23(20(25)22(2)3)21(26)24-19-10-6-8-16-7-4-5-9-18(16)19/h4-14H,1-3H3. The number of fused-ring (bicyclic) bond motifs is 1. The highest BCUT2D eigenvalue weighted by Crippen LogP contribution is 2.27. The summed E-state index contributed by atoms with van der Waals surface area (Å²) in [6, 6.07) is 22.0. The van der Waals surface area contributed by atoms with E-state index in [0.717, 1.165) is 16.5 Å². The van der Waals surface area contributed by atoms with E-state index in [-0.39, 0.29) is 0 Å². The van der Waals surface area contributed by atoms with Crippen molar-refractivity contribution in [2.24, 2.45) is 0 Å². The zero-order valence-electron chi connectivity index (χ0n) is 15.0. The molecule has 0 fully saturated rings. The Morgan fingerprint density at radius 3 is 2.19 bits per heavy atom. The topological polar surface area (TPSA) is 15.7 Å². The Bertz CT molecular complexity index is 946. The van der Waals surface area contributed by atoms with Crippen LogP contribution in [0.3, 0.4) is 0 Å². The molecule has 0 aromatic heterocycles. The van der Waals surface area contributed by atoms with Gasteiger partial charge in [0.2, 0.25) is 0 Å². The van der Waals surface area contributed by atoms with Gasteiger partial charge in [0.1, 0.15) is 5.75 Å². The Hall–Kier alpha value is -2.50. The molecule has 3 nitrogen and oxygen atoms in total. The highest BCUT2D eigenvalue weighted by molar-refractivity contribution is 7.82. The maximum Gasteiger partial charge on any atom is 0.275 e. The number of anilines is 1. The fraction of sp³-hybridized carbons (Fsp3) is 0.143. The molecule has 0 N–H and O–H groups in total. The number of rotatable bonds is 2. The van der Waals surface area contributed by atoms with E-state index in [1.54, 1.807) is 4.90 Å². The number of benzene rings is 3. The molecule has 0 bridgehead atoms. The van der Waals surface area contributed by atoms with E-state index in [1.165, 1.54) is 5.56 Å². The monoisotopic (exact) mass is 380 g/mol. The van der Waals surface area contributed by atoms with Gasteiger partial charge in [-0.15, -0.1) is 0 Å². The van der Waals surface area contributed by atoms with E-state index in [1.807, 2.05) is 92.6 Å². The van der Waals surface area contributed by atoms with Gasteiger partial charge in [0.25, 0.3) is 5.17 Å². The first-order valence-corrected chi connectivity index (χ1v) is 9.06. The van der Waals surface area contributed by atoms with Crippen molar-refractivity contribution in [2.75, 3.05) is 19.0 Å². The number of aryl methyl sites for hydroxylation is 1. The molecule has 132 valence electrons. The quantitative estimate of drug-likeness (QED) is 0.569. The summed E-state index contributed by atoms with van der Waals surface area (Å²) in [6.45, 7) is 2.04. The van der Waals surface area contributed by atoms with Crippen LogP contribution in [0.4, 0.5) is 5.69 Å². The molecule has 0 saturated heterocycles. The van der Waals surface area contributed by atoms with Crippen LogP contribution in [0.1, 0.15) is 5.56 Å². The fourth-order valence-electron chi connectivity index (χ4n) is 2.61. The molecule has 0 aliphatic heterocycles. The van der Waals surface area contributed by atoms with Gasteiger partial charge in [0.15, 0.2) is 5.11 Å². The van der Waals surface area contributed by atoms with Crippen molar-refractivity contribution < 1.29 is 4.74 Å². The minimum atomic E-state index is 0.295. The number of hydrogen-bond donors (Lipinski definition) is 0. The molecule has 0 radical (unpaired) electrons. The summed E-state index contributed by atoms with van der Waals surface area (Å²) in [5.74, 6) is 0.715. The second-order valence-electron chi connectivity index (χ2n) is 6.19. The van der Waals surface area contributed by atoms with Gasteiger partial charge in [-0.25, -0.2) is 4.90 Å². The molecule has 0 atom stereocenters. The first-order chi connectivity index (χ1) is 12.5. The molecule has 5 heteroatoms. The van der Waals surface area contributed by atoms with Crippen molar-refractivity contribution in [3.05, 3.63) is 72.3 Å². The van der Waals surface area contributed by atoms with Crippen LogP contribution in [-0.2, 0) is 0 Å². The lowest BCUT2D eigenvalue weighted by Gasteiger charge is -2.29. The van der Waals surface area contributed by atoms with Crippen molar-refractivity contribution >= 4 is 51.2 Å². The van der Waals surface area contributed by atoms with Crippen LogP contribution in [0.5, 0.6) is 5.75 Å². The zero-order valence-corrected chi connectivity index (χ0v) is 16.6. The van der Waals surface area contributed by atoms with Gasteiger partial charge in [0, 0.05) is 19.5 Å². The highest BCUT2D eigenvalue weighted by atomic mass is 32.1. The van der Waals surface area contributed by atoms with Crippen LogP contribution < -0.4 is 9.64 Å². The summed E-state index contributed by atoms with van der Waals surface area (Å²) in [7, 11) is 3.79. The van der Waals surface area contributed by atoms with Crippen molar-refractivity contribution in [1.82, 2.24) is 4.90 Å². The summed E-state index contributed by atoms with van der Waals surface area (Å²) in [5, 5.41) is 2.98. The lowest BCUT2D eigenvalue weighted by Crippen LogP contribution is -2.44. The van der Waals surface area contributed by atoms with Crippen molar-refractivity contribution in [3.8, 4) is 5.75 Å². The van der Waals surface area contributed by atoms with Crippen molar-refractivity contribution in [3.63, 3.8) is 0 Å². The maximum absolute atomic E-state index is 6.09. The average molecular weight is 381 g/mol. The minimum Gasteiger partial charge on any atom is -0.431 e. The van der Waals surface area contributed by atoms with Crippen molar-refractivity contribution in [2.45, 2.75) is 6.92 Å². The summed E-state index contributed by atoms with van der Waals surface area (Å²) < 4.78 is 6.09. The molecule has 0 heterocycles. The van der Waals surface area contributed by atoms with Crippen LogP contribution in [-0.4, -0.2) is 29.3 Å². The van der Waals surface area contributed by atoms with E-state index in [0.29, 0.717) is 16.0 Å². The summed E-state index contributed by atoms with van der Waals surface area (Å²) in [4.78, 5) is 3.61. The summed E-state index contributed by atoms with van der Waals surface area (Å²) in [6.07, 6.45) is 0. The fourth-order valence-corrected chi connectivity index (χ4v) is 3.14. The van der Waals surface area contributed by atoms with Crippen molar-refractivity contribution in [1.29, 1.82) is 0 Å². The third kappa shape index (κ3) is 3.84. The largest absolute Gasteiger partial charge is 0.431 e. The van der Waals surface area contributed by atoms with Gasteiger partial charge in [-0.1, -0.05) is 54.1 Å². The van der Waals surface area contributed by atoms with Gasteiger partial charge < -0.3 is 9.64 Å². The van der Waals surface area contributed by atoms with E-state index < -0.39 is 0 Å². The average Bonchev–Trinajstić information content (AvgIpc) is 2.63. The van der Waals surface area contributed by atoms with Gasteiger partial charge in [-0.05, 0) is 54.9 Å². The Labute approximate surface area is 164 Å². The predicted molar refractivity (Wildman–Crippen MR) is 117 cm³/mol. The second kappa shape index (κ2) is 7.81. The Balaban J connectivity index is 1.97. The number of ether oxygens (including phenoxy) is 1. The normalized spacial score (nSPS) is 10.4. The Morgan fingerprint density at radius 1 is 0.846 bits per heavy atom. The third-order valence-corrected chi connectivity index (χ3v) is 4.81. The second-order valence-corrected chi connectivity index (χ2v) is 6.91. The molecule has 3 aromatic rings. The van der Waals surface area contributed by atoms with Crippen LogP contribution in [0.25, 0.3) is 10.8 Å². The maximum atomic E-state index is 6.09. The molecule has 3 rings (SSSR count). The Morgan fingerprint density at radius 2 is 1.50 bits per heavy atom. The van der Waals surface area contributed by atoms with Crippen LogP contribution >= 0.6 is 24.4 Å². The Kier molecular flexibility index (Phi) is 5.49. The molecule has 0 spiro atoms. The molecule has 0 aliphatic carbocycles. The van der Waals surface area contributed by atoms with Gasteiger partial charge in [-0.2, -0.15) is 0 Å². The van der Waals surface area contributed by atoms with Crippen LogP contribution in [0.2, 0.25) is 0 Å². The SMILES string of the molecule is Cc1ccc(N(C(=S)Oc2cccc3ccccc23)C(=S)N(C)C)cc1. The lowest BCUT2D eigenvalue weighted by molar-refractivity contribution is 0.555. The summed E-state index contributed by atoms with van der Waals surface area (Å²) in [5.41, 5.74) is 2.05.